The second-order valence-corrected chi connectivity index (χ2v) is 5.43. The maximum Gasteiger partial charge on any atom is 0.147 e. The highest BCUT2D eigenvalue weighted by Crippen LogP contribution is 2.38. The van der Waals surface area contributed by atoms with Gasteiger partial charge in [-0.3, -0.25) is 4.98 Å². The third kappa shape index (κ3) is 2.62. The van der Waals surface area contributed by atoms with Crippen molar-refractivity contribution in [1.29, 1.82) is 0 Å². The average Bonchev–Trinajstić information content (AvgIpc) is 2.81. The van der Waals surface area contributed by atoms with Crippen LogP contribution in [0, 0.1) is 0 Å². The van der Waals surface area contributed by atoms with Gasteiger partial charge in [0.25, 0.3) is 0 Å². The van der Waals surface area contributed by atoms with Crippen molar-refractivity contribution in [3.05, 3.63) is 53.1 Å². The molecule has 2 heterocycles. The Morgan fingerprint density at radius 2 is 2.10 bits per heavy atom. The van der Waals surface area contributed by atoms with Gasteiger partial charge in [-0.15, -0.1) is 0 Å². The molecule has 1 aliphatic heterocycles. The van der Waals surface area contributed by atoms with Crippen LogP contribution in [-0.4, -0.2) is 23.1 Å². The zero-order valence-corrected chi connectivity index (χ0v) is 11.9. The van der Waals surface area contributed by atoms with Crippen molar-refractivity contribution in [2.24, 2.45) is 5.73 Å². The first-order chi connectivity index (χ1) is 9.78. The molecular formula is C15H17ClN4. The van der Waals surface area contributed by atoms with Crippen molar-refractivity contribution in [2.45, 2.75) is 18.9 Å². The Hall–Kier alpha value is -1.65. The number of aromatic nitrogens is 2. The third-order valence-corrected chi connectivity index (χ3v) is 3.90. The molecule has 1 aliphatic rings. The number of para-hydroxylation sites is 1. The standard InChI is InChI=1S/C15H17ClN4/c16-15-8-18-12(7-19-15)10-20-9-11(5-6-17)13-3-1-2-4-14(13)20/h1-4,7-8,11H,5-6,9-10,17H2. The quantitative estimate of drug-likeness (QED) is 0.939. The summed E-state index contributed by atoms with van der Waals surface area (Å²) in [4.78, 5) is 10.8. The van der Waals surface area contributed by atoms with Gasteiger partial charge in [0.1, 0.15) is 5.15 Å². The summed E-state index contributed by atoms with van der Waals surface area (Å²) in [5, 5.41) is 0.427. The maximum atomic E-state index is 5.77. The van der Waals surface area contributed by atoms with E-state index in [1.54, 1.807) is 12.4 Å². The molecule has 0 aliphatic carbocycles. The summed E-state index contributed by atoms with van der Waals surface area (Å²) in [6.07, 6.45) is 4.34. The van der Waals surface area contributed by atoms with Gasteiger partial charge in [0.2, 0.25) is 0 Å². The molecule has 0 bridgehead atoms. The lowest BCUT2D eigenvalue weighted by Gasteiger charge is -2.19. The SMILES string of the molecule is NCCC1CN(Cc2cnc(Cl)cn2)c2ccccc21. The van der Waals surface area contributed by atoms with E-state index in [4.69, 9.17) is 17.3 Å². The van der Waals surface area contributed by atoms with Crippen LogP contribution in [0.4, 0.5) is 5.69 Å². The molecule has 0 saturated carbocycles. The monoisotopic (exact) mass is 288 g/mol. The van der Waals surface area contributed by atoms with Crippen molar-refractivity contribution in [1.82, 2.24) is 9.97 Å². The number of anilines is 1. The normalized spacial score (nSPS) is 17.3. The van der Waals surface area contributed by atoms with Gasteiger partial charge >= 0.3 is 0 Å². The number of benzene rings is 1. The summed E-state index contributed by atoms with van der Waals surface area (Å²) in [7, 11) is 0. The molecule has 2 N–H and O–H groups in total. The molecule has 0 fully saturated rings. The molecule has 1 atom stereocenters. The molecule has 1 aromatic heterocycles. The molecule has 20 heavy (non-hydrogen) atoms. The second-order valence-electron chi connectivity index (χ2n) is 5.04. The minimum absolute atomic E-state index is 0.427. The number of fused-ring (bicyclic) bond motifs is 1. The maximum absolute atomic E-state index is 5.77. The van der Waals surface area contributed by atoms with Crippen molar-refractivity contribution in [2.75, 3.05) is 18.0 Å². The van der Waals surface area contributed by atoms with Crippen LogP contribution in [0.15, 0.2) is 36.7 Å². The van der Waals surface area contributed by atoms with Crippen LogP contribution >= 0.6 is 11.6 Å². The van der Waals surface area contributed by atoms with Crippen LogP contribution in [-0.2, 0) is 6.54 Å². The third-order valence-electron chi connectivity index (χ3n) is 3.70. The highest BCUT2D eigenvalue weighted by Gasteiger charge is 2.27. The Kier molecular flexibility index (Phi) is 3.85. The fourth-order valence-electron chi connectivity index (χ4n) is 2.80. The van der Waals surface area contributed by atoms with E-state index in [-0.39, 0.29) is 0 Å². The average molecular weight is 289 g/mol. The fraction of sp³-hybridized carbons (Fsp3) is 0.333. The highest BCUT2D eigenvalue weighted by molar-refractivity contribution is 6.29. The predicted octanol–water partition coefficient (Wildman–Crippen LogP) is 2.58. The lowest BCUT2D eigenvalue weighted by Crippen LogP contribution is -2.22. The molecule has 0 radical (unpaired) electrons. The summed E-state index contributed by atoms with van der Waals surface area (Å²) in [5.41, 5.74) is 9.32. The number of hydrogen-bond donors (Lipinski definition) is 1. The number of halogens is 1. The Balaban J connectivity index is 1.82. The molecule has 2 aromatic rings. The first-order valence-corrected chi connectivity index (χ1v) is 7.16. The Labute approximate surface area is 123 Å². The molecule has 0 spiro atoms. The zero-order chi connectivity index (χ0) is 13.9. The largest absolute Gasteiger partial charge is 0.365 e. The van der Waals surface area contributed by atoms with Crippen molar-refractivity contribution in [3.63, 3.8) is 0 Å². The van der Waals surface area contributed by atoms with Gasteiger partial charge < -0.3 is 10.6 Å². The lowest BCUT2D eigenvalue weighted by molar-refractivity contribution is 0.641. The van der Waals surface area contributed by atoms with E-state index in [0.717, 1.165) is 25.2 Å². The number of nitrogens with zero attached hydrogens (tertiary/aromatic N) is 3. The Morgan fingerprint density at radius 3 is 2.85 bits per heavy atom. The second kappa shape index (κ2) is 5.77. The first kappa shape index (κ1) is 13.3. The van der Waals surface area contributed by atoms with Crippen LogP contribution in [0.2, 0.25) is 5.15 Å². The fourth-order valence-corrected chi connectivity index (χ4v) is 2.89. The van der Waals surface area contributed by atoms with Gasteiger partial charge in [0.05, 0.1) is 24.6 Å². The van der Waals surface area contributed by atoms with Crippen LogP contribution in [0.25, 0.3) is 0 Å². The smallest absolute Gasteiger partial charge is 0.147 e. The molecule has 0 amide bonds. The molecule has 1 aromatic carbocycles. The van der Waals surface area contributed by atoms with E-state index in [2.05, 4.69) is 39.1 Å². The molecule has 3 rings (SSSR count). The van der Waals surface area contributed by atoms with Gasteiger partial charge in [-0.05, 0) is 24.6 Å². The van der Waals surface area contributed by atoms with Crippen molar-refractivity contribution >= 4 is 17.3 Å². The van der Waals surface area contributed by atoms with E-state index in [1.165, 1.54) is 11.3 Å². The molecular weight excluding hydrogens is 272 g/mol. The van der Waals surface area contributed by atoms with E-state index >= 15 is 0 Å². The Morgan fingerprint density at radius 1 is 1.25 bits per heavy atom. The molecule has 104 valence electrons. The van der Waals surface area contributed by atoms with E-state index < -0.39 is 0 Å². The number of hydrogen-bond acceptors (Lipinski definition) is 4. The van der Waals surface area contributed by atoms with Crippen LogP contribution in [0.3, 0.4) is 0 Å². The highest BCUT2D eigenvalue weighted by atomic mass is 35.5. The van der Waals surface area contributed by atoms with Crippen LogP contribution in [0.5, 0.6) is 0 Å². The minimum Gasteiger partial charge on any atom is -0.365 e. The zero-order valence-electron chi connectivity index (χ0n) is 11.2. The van der Waals surface area contributed by atoms with Gasteiger partial charge in [-0.25, -0.2) is 4.98 Å². The Bertz CT molecular complexity index is 585. The van der Waals surface area contributed by atoms with Crippen molar-refractivity contribution in [3.8, 4) is 0 Å². The summed E-state index contributed by atoms with van der Waals surface area (Å²) in [6.45, 7) is 2.46. The van der Waals surface area contributed by atoms with Crippen LogP contribution in [0.1, 0.15) is 23.6 Å². The van der Waals surface area contributed by atoms with Gasteiger partial charge in [0, 0.05) is 18.2 Å². The minimum atomic E-state index is 0.427. The predicted molar refractivity (Wildman–Crippen MR) is 80.9 cm³/mol. The van der Waals surface area contributed by atoms with Gasteiger partial charge in [-0.2, -0.15) is 0 Å². The topological polar surface area (TPSA) is 55.0 Å². The molecule has 1 unspecified atom stereocenters. The summed E-state index contributed by atoms with van der Waals surface area (Å²) in [5.74, 6) is 0.511. The van der Waals surface area contributed by atoms with Gasteiger partial charge in [0.15, 0.2) is 0 Å². The van der Waals surface area contributed by atoms with E-state index in [1.807, 2.05) is 0 Å². The summed E-state index contributed by atoms with van der Waals surface area (Å²) in [6, 6.07) is 8.52. The molecule has 4 nitrogen and oxygen atoms in total. The van der Waals surface area contributed by atoms with Crippen LogP contribution < -0.4 is 10.6 Å². The molecule has 0 saturated heterocycles. The summed E-state index contributed by atoms with van der Waals surface area (Å²) < 4.78 is 0. The molecule has 5 heteroatoms. The first-order valence-electron chi connectivity index (χ1n) is 6.78. The summed E-state index contributed by atoms with van der Waals surface area (Å²) >= 11 is 5.77. The van der Waals surface area contributed by atoms with Crippen molar-refractivity contribution < 1.29 is 0 Å². The van der Waals surface area contributed by atoms with Gasteiger partial charge in [-0.1, -0.05) is 29.8 Å². The van der Waals surface area contributed by atoms with E-state index in [9.17, 15) is 0 Å². The van der Waals surface area contributed by atoms with E-state index in [0.29, 0.717) is 17.6 Å². The number of rotatable bonds is 4. The lowest BCUT2D eigenvalue weighted by atomic mass is 9.98. The number of nitrogens with two attached hydrogens (primary N) is 1.